The minimum atomic E-state index is -0.181. The highest BCUT2D eigenvalue weighted by Crippen LogP contribution is 2.25. The Labute approximate surface area is 154 Å². The number of amides is 1. The molecule has 1 aliphatic rings. The first kappa shape index (κ1) is 18.4. The zero-order valence-corrected chi connectivity index (χ0v) is 15.8. The number of nitrogens with zero attached hydrogens (tertiary/aromatic N) is 3. The van der Waals surface area contributed by atoms with E-state index in [2.05, 4.69) is 15.3 Å². The molecule has 6 heteroatoms. The molecule has 2 aromatic rings. The van der Waals surface area contributed by atoms with Crippen molar-refractivity contribution in [3.63, 3.8) is 0 Å². The molecule has 0 spiro atoms. The van der Waals surface area contributed by atoms with E-state index in [1.54, 1.807) is 6.07 Å². The summed E-state index contributed by atoms with van der Waals surface area (Å²) in [6, 6.07) is 6.87. The SMILES string of the molecule is Cc1nn(C)c(C)c1CCC(=O)NCC1CCN(c2ccccc2F)C1. The van der Waals surface area contributed by atoms with Gasteiger partial charge in [0.2, 0.25) is 5.91 Å². The van der Waals surface area contributed by atoms with E-state index >= 15 is 0 Å². The molecule has 1 fully saturated rings. The fraction of sp³-hybridized carbons (Fsp3) is 0.500. The van der Waals surface area contributed by atoms with Crippen LogP contribution in [-0.2, 0) is 18.3 Å². The average Bonchev–Trinajstić information content (AvgIpc) is 3.17. The lowest BCUT2D eigenvalue weighted by molar-refractivity contribution is -0.121. The summed E-state index contributed by atoms with van der Waals surface area (Å²) in [5, 5.41) is 7.43. The number of carbonyl (C=O) groups excluding carboxylic acids is 1. The van der Waals surface area contributed by atoms with E-state index in [0.717, 1.165) is 36.5 Å². The second-order valence-corrected chi connectivity index (χ2v) is 7.13. The van der Waals surface area contributed by atoms with Crippen LogP contribution in [0.25, 0.3) is 0 Å². The van der Waals surface area contributed by atoms with Crippen LogP contribution >= 0.6 is 0 Å². The van der Waals surface area contributed by atoms with Crippen molar-refractivity contribution in [2.24, 2.45) is 13.0 Å². The molecule has 140 valence electrons. The fourth-order valence-electron chi connectivity index (χ4n) is 3.69. The number of hydrogen-bond donors (Lipinski definition) is 1. The molecular formula is C20H27FN4O. The number of aryl methyl sites for hydroxylation is 2. The van der Waals surface area contributed by atoms with Gasteiger partial charge in [0.1, 0.15) is 5.82 Å². The highest BCUT2D eigenvalue weighted by Gasteiger charge is 2.24. The summed E-state index contributed by atoms with van der Waals surface area (Å²) in [6.45, 7) is 6.27. The first-order valence-electron chi connectivity index (χ1n) is 9.21. The van der Waals surface area contributed by atoms with Crippen LogP contribution in [0.5, 0.6) is 0 Å². The quantitative estimate of drug-likeness (QED) is 0.864. The standard InChI is InChI=1S/C20H27FN4O/c1-14-17(15(2)24(3)23-14)8-9-20(26)22-12-16-10-11-25(13-16)19-7-5-4-6-18(19)21/h4-7,16H,8-13H2,1-3H3,(H,22,26). The summed E-state index contributed by atoms with van der Waals surface area (Å²) in [4.78, 5) is 14.3. The summed E-state index contributed by atoms with van der Waals surface area (Å²) in [5.74, 6) is 0.247. The molecule has 0 radical (unpaired) electrons. The van der Waals surface area contributed by atoms with Gasteiger partial charge in [0, 0.05) is 38.8 Å². The van der Waals surface area contributed by atoms with Crippen LogP contribution in [0.15, 0.2) is 24.3 Å². The predicted molar refractivity (Wildman–Crippen MR) is 101 cm³/mol. The summed E-state index contributed by atoms with van der Waals surface area (Å²) in [6.07, 6.45) is 2.15. The zero-order valence-electron chi connectivity index (χ0n) is 15.8. The molecule has 1 unspecified atom stereocenters. The zero-order chi connectivity index (χ0) is 18.7. The minimum absolute atomic E-state index is 0.0667. The van der Waals surface area contributed by atoms with Crippen molar-refractivity contribution < 1.29 is 9.18 Å². The molecule has 1 atom stereocenters. The van der Waals surface area contributed by atoms with Gasteiger partial charge in [-0.1, -0.05) is 12.1 Å². The number of nitrogens with one attached hydrogen (secondary N) is 1. The maximum absolute atomic E-state index is 13.9. The van der Waals surface area contributed by atoms with Crippen LogP contribution in [0.1, 0.15) is 29.8 Å². The Kier molecular flexibility index (Phi) is 5.59. The third-order valence-corrected chi connectivity index (χ3v) is 5.33. The molecule has 1 saturated heterocycles. The first-order valence-corrected chi connectivity index (χ1v) is 9.21. The summed E-state index contributed by atoms with van der Waals surface area (Å²) >= 11 is 0. The molecular weight excluding hydrogens is 331 g/mol. The smallest absolute Gasteiger partial charge is 0.220 e. The fourth-order valence-corrected chi connectivity index (χ4v) is 3.69. The van der Waals surface area contributed by atoms with E-state index in [4.69, 9.17) is 0 Å². The largest absolute Gasteiger partial charge is 0.369 e. The van der Waals surface area contributed by atoms with Crippen LogP contribution < -0.4 is 10.2 Å². The van der Waals surface area contributed by atoms with Crippen LogP contribution in [0.4, 0.5) is 10.1 Å². The molecule has 1 aromatic heterocycles. The highest BCUT2D eigenvalue weighted by atomic mass is 19.1. The summed E-state index contributed by atoms with van der Waals surface area (Å²) < 4.78 is 15.8. The Morgan fingerprint density at radius 3 is 2.81 bits per heavy atom. The monoisotopic (exact) mass is 358 g/mol. The van der Waals surface area contributed by atoms with Crippen LogP contribution in [0, 0.1) is 25.6 Å². The van der Waals surface area contributed by atoms with Crippen molar-refractivity contribution >= 4 is 11.6 Å². The third-order valence-electron chi connectivity index (χ3n) is 5.33. The lowest BCUT2D eigenvalue weighted by atomic mass is 10.1. The molecule has 1 amide bonds. The third kappa shape index (κ3) is 4.06. The number of aromatic nitrogens is 2. The molecule has 0 saturated carbocycles. The average molecular weight is 358 g/mol. The number of para-hydroxylation sites is 1. The molecule has 1 aliphatic heterocycles. The predicted octanol–water partition coefficient (Wildman–Crippen LogP) is 2.75. The molecule has 26 heavy (non-hydrogen) atoms. The Bertz CT molecular complexity index is 786. The van der Waals surface area contributed by atoms with Crippen LogP contribution in [0.2, 0.25) is 0 Å². The van der Waals surface area contributed by atoms with Gasteiger partial charge in [0.15, 0.2) is 0 Å². The minimum Gasteiger partial charge on any atom is -0.369 e. The maximum atomic E-state index is 13.9. The van der Waals surface area contributed by atoms with Crippen molar-refractivity contribution in [2.75, 3.05) is 24.5 Å². The second kappa shape index (κ2) is 7.89. The van der Waals surface area contributed by atoms with E-state index in [9.17, 15) is 9.18 Å². The van der Waals surface area contributed by atoms with Crippen molar-refractivity contribution in [3.8, 4) is 0 Å². The number of benzene rings is 1. The Hall–Kier alpha value is -2.37. The van der Waals surface area contributed by atoms with E-state index in [0.29, 0.717) is 31.0 Å². The highest BCUT2D eigenvalue weighted by molar-refractivity contribution is 5.76. The van der Waals surface area contributed by atoms with E-state index in [1.165, 1.54) is 6.07 Å². The Morgan fingerprint density at radius 1 is 1.35 bits per heavy atom. The first-order chi connectivity index (χ1) is 12.5. The van der Waals surface area contributed by atoms with E-state index in [-0.39, 0.29) is 11.7 Å². The Balaban J connectivity index is 1.45. The molecule has 1 N–H and O–H groups in total. The van der Waals surface area contributed by atoms with Gasteiger partial charge in [-0.15, -0.1) is 0 Å². The van der Waals surface area contributed by atoms with Crippen molar-refractivity contribution in [1.82, 2.24) is 15.1 Å². The van der Waals surface area contributed by atoms with Gasteiger partial charge in [0.05, 0.1) is 11.4 Å². The molecule has 3 rings (SSSR count). The van der Waals surface area contributed by atoms with E-state index in [1.807, 2.05) is 37.7 Å². The van der Waals surface area contributed by atoms with Gasteiger partial charge in [-0.05, 0) is 50.3 Å². The lowest BCUT2D eigenvalue weighted by Gasteiger charge is -2.19. The van der Waals surface area contributed by atoms with Crippen molar-refractivity contribution in [2.45, 2.75) is 33.1 Å². The molecule has 0 bridgehead atoms. The summed E-state index contributed by atoms with van der Waals surface area (Å²) in [7, 11) is 1.92. The van der Waals surface area contributed by atoms with Crippen molar-refractivity contribution in [3.05, 3.63) is 47.0 Å². The number of halogens is 1. The molecule has 0 aliphatic carbocycles. The van der Waals surface area contributed by atoms with Gasteiger partial charge < -0.3 is 10.2 Å². The number of carbonyl (C=O) groups is 1. The number of rotatable bonds is 6. The number of hydrogen-bond acceptors (Lipinski definition) is 3. The van der Waals surface area contributed by atoms with Gasteiger partial charge in [-0.2, -0.15) is 5.10 Å². The topological polar surface area (TPSA) is 50.2 Å². The Morgan fingerprint density at radius 2 is 2.12 bits per heavy atom. The van der Waals surface area contributed by atoms with Gasteiger partial charge in [-0.25, -0.2) is 4.39 Å². The van der Waals surface area contributed by atoms with Gasteiger partial charge in [0.25, 0.3) is 0 Å². The lowest BCUT2D eigenvalue weighted by Crippen LogP contribution is -2.31. The van der Waals surface area contributed by atoms with Gasteiger partial charge >= 0.3 is 0 Å². The summed E-state index contributed by atoms with van der Waals surface area (Å²) in [5.41, 5.74) is 3.93. The van der Waals surface area contributed by atoms with Gasteiger partial charge in [-0.3, -0.25) is 9.48 Å². The number of anilines is 1. The molecule has 1 aromatic carbocycles. The maximum Gasteiger partial charge on any atom is 0.220 e. The van der Waals surface area contributed by atoms with Crippen LogP contribution in [-0.4, -0.2) is 35.3 Å². The normalized spacial score (nSPS) is 16.9. The molecule has 2 heterocycles. The van der Waals surface area contributed by atoms with Crippen molar-refractivity contribution in [1.29, 1.82) is 0 Å². The molecule has 5 nitrogen and oxygen atoms in total. The second-order valence-electron chi connectivity index (χ2n) is 7.13. The van der Waals surface area contributed by atoms with Crippen LogP contribution in [0.3, 0.4) is 0 Å². The van der Waals surface area contributed by atoms with E-state index < -0.39 is 0 Å².